The Morgan fingerprint density at radius 2 is 2.09 bits per heavy atom. The maximum Gasteiger partial charge on any atom is 0.267 e. The fraction of sp³-hybridized carbons (Fsp3) is 0.467. The third-order valence-corrected chi connectivity index (χ3v) is 7.48. The molecule has 0 amide bonds. The number of thiophene rings is 1. The van der Waals surface area contributed by atoms with Crippen molar-refractivity contribution in [2.45, 2.75) is 31.6 Å². The molecule has 0 spiro atoms. The van der Waals surface area contributed by atoms with Crippen LogP contribution in [0.15, 0.2) is 34.4 Å². The minimum Gasteiger partial charge on any atom is -0.268 e. The van der Waals surface area contributed by atoms with E-state index >= 15 is 0 Å². The monoisotopic (exact) mass is 353 g/mol. The second kappa shape index (κ2) is 6.18. The van der Waals surface area contributed by atoms with Crippen LogP contribution in [0, 0.1) is 0 Å². The summed E-state index contributed by atoms with van der Waals surface area (Å²) >= 11 is 1.56. The van der Waals surface area contributed by atoms with Gasteiger partial charge in [0.1, 0.15) is 5.69 Å². The molecule has 23 heavy (non-hydrogen) atoms. The Kier molecular flexibility index (Phi) is 4.39. The van der Waals surface area contributed by atoms with Crippen LogP contribution in [0.5, 0.6) is 0 Å². The second-order valence-electron chi connectivity index (χ2n) is 5.71. The molecule has 8 heteroatoms. The smallest absolute Gasteiger partial charge is 0.267 e. The van der Waals surface area contributed by atoms with Crippen molar-refractivity contribution in [3.8, 4) is 10.6 Å². The molecule has 0 N–H and O–H groups in total. The average Bonchev–Trinajstić information content (AvgIpc) is 3.00. The van der Waals surface area contributed by atoms with E-state index in [1.54, 1.807) is 24.3 Å². The summed E-state index contributed by atoms with van der Waals surface area (Å²) in [6.45, 7) is 4.20. The van der Waals surface area contributed by atoms with Crippen LogP contribution in [-0.4, -0.2) is 40.8 Å². The molecule has 0 saturated carbocycles. The quantitative estimate of drug-likeness (QED) is 0.824. The molecule has 1 fully saturated rings. The van der Waals surface area contributed by atoms with E-state index in [1.165, 1.54) is 15.1 Å². The van der Waals surface area contributed by atoms with E-state index in [-0.39, 0.29) is 11.6 Å². The molecule has 2 aromatic heterocycles. The van der Waals surface area contributed by atoms with Gasteiger partial charge in [0, 0.05) is 19.2 Å². The summed E-state index contributed by atoms with van der Waals surface area (Å²) in [5.74, 6) is 0. The highest BCUT2D eigenvalue weighted by atomic mass is 32.2. The first kappa shape index (κ1) is 16.4. The fourth-order valence-corrected chi connectivity index (χ4v) is 4.87. The zero-order valence-corrected chi connectivity index (χ0v) is 14.7. The van der Waals surface area contributed by atoms with E-state index in [0.717, 1.165) is 10.6 Å². The molecule has 0 radical (unpaired) electrons. The molecule has 3 heterocycles. The summed E-state index contributed by atoms with van der Waals surface area (Å²) in [6.07, 6.45) is 0.579. The summed E-state index contributed by atoms with van der Waals surface area (Å²) in [6, 6.07) is 6.88. The molecule has 1 atom stereocenters. The Labute approximate surface area is 139 Å². The highest BCUT2D eigenvalue weighted by Gasteiger charge is 2.39. The van der Waals surface area contributed by atoms with E-state index < -0.39 is 15.3 Å². The number of rotatable bonds is 5. The predicted octanol–water partition coefficient (Wildman–Crippen LogP) is 1.96. The van der Waals surface area contributed by atoms with E-state index in [1.807, 2.05) is 24.4 Å². The lowest BCUT2D eigenvalue weighted by molar-refractivity contribution is 0.184. The van der Waals surface area contributed by atoms with Gasteiger partial charge in [-0.25, -0.2) is 13.1 Å². The summed E-state index contributed by atoms with van der Waals surface area (Å²) < 4.78 is 27.4. The van der Waals surface area contributed by atoms with Gasteiger partial charge in [0.2, 0.25) is 10.0 Å². The maximum atomic E-state index is 12.3. The lowest BCUT2D eigenvalue weighted by atomic mass is 10.2. The molecule has 1 unspecified atom stereocenters. The SMILES string of the molecule is CCC(C)S(=O)(=O)N1CC(n2nc(-c3cccs3)ccc2=O)C1. The molecule has 0 aromatic carbocycles. The highest BCUT2D eigenvalue weighted by molar-refractivity contribution is 7.89. The molecule has 0 aliphatic carbocycles. The topological polar surface area (TPSA) is 72.3 Å². The van der Waals surface area contributed by atoms with Gasteiger partial charge in [-0.15, -0.1) is 11.3 Å². The lowest BCUT2D eigenvalue weighted by Crippen LogP contribution is -2.55. The van der Waals surface area contributed by atoms with Crippen LogP contribution in [0.4, 0.5) is 0 Å². The number of aromatic nitrogens is 2. The molecule has 1 aliphatic heterocycles. The van der Waals surface area contributed by atoms with Gasteiger partial charge in [-0.2, -0.15) is 9.40 Å². The summed E-state index contributed by atoms with van der Waals surface area (Å²) in [7, 11) is -3.27. The Hall–Kier alpha value is -1.51. The second-order valence-corrected chi connectivity index (χ2v) is 9.01. The molecule has 124 valence electrons. The highest BCUT2D eigenvalue weighted by Crippen LogP contribution is 2.27. The largest absolute Gasteiger partial charge is 0.268 e. The first-order valence-corrected chi connectivity index (χ1v) is 9.94. The first-order chi connectivity index (χ1) is 10.9. The molecular weight excluding hydrogens is 334 g/mol. The maximum absolute atomic E-state index is 12.3. The first-order valence-electron chi connectivity index (χ1n) is 7.56. The lowest BCUT2D eigenvalue weighted by Gasteiger charge is -2.39. The van der Waals surface area contributed by atoms with E-state index in [9.17, 15) is 13.2 Å². The standard InChI is InChI=1S/C15H19N3O3S2/c1-3-11(2)23(20,21)17-9-12(10-17)18-15(19)7-6-13(16-18)14-5-4-8-22-14/h4-8,11-12H,3,9-10H2,1-2H3. The van der Waals surface area contributed by atoms with Crippen molar-refractivity contribution in [3.05, 3.63) is 40.0 Å². The van der Waals surface area contributed by atoms with Crippen molar-refractivity contribution in [1.29, 1.82) is 0 Å². The molecule has 0 bridgehead atoms. The van der Waals surface area contributed by atoms with Crippen molar-refractivity contribution < 1.29 is 8.42 Å². The molecular formula is C15H19N3O3S2. The van der Waals surface area contributed by atoms with Gasteiger partial charge in [-0.1, -0.05) is 13.0 Å². The Morgan fingerprint density at radius 3 is 2.70 bits per heavy atom. The summed E-state index contributed by atoms with van der Waals surface area (Å²) in [5.41, 5.74) is 0.540. The Bertz CT molecular complexity index is 837. The molecule has 1 aliphatic rings. The van der Waals surface area contributed by atoms with Crippen LogP contribution in [-0.2, 0) is 10.0 Å². The van der Waals surface area contributed by atoms with Crippen molar-refractivity contribution in [2.24, 2.45) is 0 Å². The number of nitrogens with zero attached hydrogens (tertiary/aromatic N) is 3. The van der Waals surface area contributed by atoms with Crippen molar-refractivity contribution in [2.75, 3.05) is 13.1 Å². The molecule has 3 rings (SSSR count). The van der Waals surface area contributed by atoms with Crippen molar-refractivity contribution in [3.63, 3.8) is 0 Å². The summed E-state index contributed by atoms with van der Waals surface area (Å²) in [5, 5.41) is 5.97. The number of hydrogen-bond acceptors (Lipinski definition) is 5. The molecule has 1 saturated heterocycles. The minimum atomic E-state index is -3.27. The Balaban J connectivity index is 1.80. The number of sulfonamides is 1. The van der Waals surface area contributed by atoms with Gasteiger partial charge < -0.3 is 0 Å². The van der Waals surface area contributed by atoms with Crippen LogP contribution >= 0.6 is 11.3 Å². The normalized spacial score (nSPS) is 17.8. The zero-order valence-electron chi connectivity index (χ0n) is 13.0. The Morgan fingerprint density at radius 1 is 1.35 bits per heavy atom. The summed E-state index contributed by atoms with van der Waals surface area (Å²) in [4.78, 5) is 13.0. The molecule has 2 aromatic rings. The van der Waals surface area contributed by atoms with Gasteiger partial charge in [-0.3, -0.25) is 4.79 Å². The average molecular weight is 353 g/mol. The van der Waals surface area contributed by atoms with E-state index in [0.29, 0.717) is 19.5 Å². The molecule has 6 nitrogen and oxygen atoms in total. The minimum absolute atomic E-state index is 0.193. The van der Waals surface area contributed by atoms with Crippen LogP contribution in [0.3, 0.4) is 0 Å². The van der Waals surface area contributed by atoms with Gasteiger partial charge >= 0.3 is 0 Å². The van der Waals surface area contributed by atoms with Gasteiger partial charge in [0.15, 0.2) is 0 Å². The third kappa shape index (κ3) is 2.98. The van der Waals surface area contributed by atoms with Crippen LogP contribution < -0.4 is 5.56 Å². The van der Waals surface area contributed by atoms with Gasteiger partial charge in [-0.05, 0) is 30.9 Å². The van der Waals surface area contributed by atoms with Crippen molar-refractivity contribution >= 4 is 21.4 Å². The van der Waals surface area contributed by atoms with Gasteiger partial charge in [0.25, 0.3) is 5.56 Å². The number of hydrogen-bond donors (Lipinski definition) is 0. The predicted molar refractivity (Wildman–Crippen MR) is 91.1 cm³/mol. The van der Waals surface area contributed by atoms with Crippen LogP contribution in [0.25, 0.3) is 10.6 Å². The van der Waals surface area contributed by atoms with Crippen LogP contribution in [0.2, 0.25) is 0 Å². The van der Waals surface area contributed by atoms with E-state index in [4.69, 9.17) is 0 Å². The van der Waals surface area contributed by atoms with Crippen molar-refractivity contribution in [1.82, 2.24) is 14.1 Å². The van der Waals surface area contributed by atoms with E-state index in [2.05, 4.69) is 5.10 Å². The zero-order chi connectivity index (χ0) is 16.6. The van der Waals surface area contributed by atoms with Crippen LogP contribution in [0.1, 0.15) is 26.3 Å². The van der Waals surface area contributed by atoms with Gasteiger partial charge in [0.05, 0.1) is 16.2 Å². The fourth-order valence-electron chi connectivity index (χ4n) is 2.49. The third-order valence-electron chi connectivity index (χ3n) is 4.22.